The maximum atomic E-state index is 12.4. The predicted octanol–water partition coefficient (Wildman–Crippen LogP) is 3.38. The van der Waals surface area contributed by atoms with Gasteiger partial charge in [-0.1, -0.05) is 13.0 Å². The van der Waals surface area contributed by atoms with Gasteiger partial charge < -0.3 is 20.1 Å². The van der Waals surface area contributed by atoms with Gasteiger partial charge in [0.2, 0.25) is 0 Å². The molecule has 0 saturated carbocycles. The molecule has 0 aliphatic rings. The third kappa shape index (κ3) is 8.19. The lowest BCUT2D eigenvalue weighted by atomic mass is 10.2. The highest BCUT2D eigenvalue weighted by molar-refractivity contribution is 14.0. The molecule has 1 aromatic rings. The Labute approximate surface area is 152 Å². The Bertz CT molecular complexity index is 488. The van der Waals surface area contributed by atoms with Crippen molar-refractivity contribution in [3.05, 3.63) is 23.8 Å². The molecule has 0 unspecified atom stereocenters. The van der Waals surface area contributed by atoms with Gasteiger partial charge in [0.1, 0.15) is 0 Å². The Kier molecular flexibility index (Phi) is 11.4. The standard InChI is InChI=1S/C15H23F2N3O2.HI/c1-4-8-19-15(18-5-2)20-10-11-6-7-12(21-3)13(9-11)22-14(16)17;/h6-7,9,14H,4-5,8,10H2,1-3H3,(H2,18,19,20);1H. The first kappa shape index (κ1) is 21.7. The number of hydrogen-bond acceptors (Lipinski definition) is 3. The van der Waals surface area contributed by atoms with Crippen LogP contribution in [-0.2, 0) is 6.54 Å². The van der Waals surface area contributed by atoms with E-state index >= 15 is 0 Å². The molecule has 1 aromatic carbocycles. The smallest absolute Gasteiger partial charge is 0.387 e. The molecule has 5 nitrogen and oxygen atoms in total. The molecule has 0 amide bonds. The highest BCUT2D eigenvalue weighted by Gasteiger charge is 2.11. The molecule has 0 aromatic heterocycles. The van der Waals surface area contributed by atoms with Crippen LogP contribution in [-0.4, -0.2) is 32.8 Å². The van der Waals surface area contributed by atoms with Crippen molar-refractivity contribution in [2.24, 2.45) is 4.99 Å². The van der Waals surface area contributed by atoms with Crippen molar-refractivity contribution in [1.82, 2.24) is 10.6 Å². The van der Waals surface area contributed by atoms with Gasteiger partial charge in [0.05, 0.1) is 13.7 Å². The number of halogens is 3. The Morgan fingerprint density at radius 2 is 1.96 bits per heavy atom. The number of benzene rings is 1. The van der Waals surface area contributed by atoms with E-state index in [4.69, 9.17) is 4.74 Å². The average Bonchev–Trinajstić information content (AvgIpc) is 2.49. The molecule has 0 aliphatic heterocycles. The lowest BCUT2D eigenvalue weighted by Crippen LogP contribution is -2.37. The zero-order valence-corrected chi connectivity index (χ0v) is 15.9. The Hall–Kier alpha value is -1.32. The molecule has 0 aliphatic carbocycles. The monoisotopic (exact) mass is 443 g/mol. The van der Waals surface area contributed by atoms with Gasteiger partial charge in [-0.3, -0.25) is 0 Å². The summed E-state index contributed by atoms with van der Waals surface area (Å²) in [6.07, 6.45) is 0.985. The minimum atomic E-state index is -2.89. The van der Waals surface area contributed by atoms with Crippen molar-refractivity contribution in [3.63, 3.8) is 0 Å². The first-order valence-corrected chi connectivity index (χ1v) is 7.24. The highest BCUT2D eigenvalue weighted by atomic mass is 127. The molecular formula is C15H24F2IN3O2. The summed E-state index contributed by atoms with van der Waals surface area (Å²) in [7, 11) is 1.41. The first-order valence-electron chi connectivity index (χ1n) is 7.24. The fraction of sp³-hybridized carbons (Fsp3) is 0.533. The number of methoxy groups -OCH3 is 1. The van der Waals surface area contributed by atoms with Crippen LogP contribution in [0.1, 0.15) is 25.8 Å². The van der Waals surface area contributed by atoms with Gasteiger partial charge >= 0.3 is 6.61 Å². The van der Waals surface area contributed by atoms with Gasteiger partial charge in [-0.15, -0.1) is 24.0 Å². The average molecular weight is 443 g/mol. The molecule has 23 heavy (non-hydrogen) atoms. The van der Waals surface area contributed by atoms with E-state index in [0.717, 1.165) is 25.1 Å². The summed E-state index contributed by atoms with van der Waals surface area (Å²) < 4.78 is 34.3. The molecule has 2 N–H and O–H groups in total. The normalized spacial score (nSPS) is 11.0. The molecule has 0 saturated heterocycles. The SMILES string of the molecule is CCCNC(=NCc1ccc(OC)c(OC(F)F)c1)NCC.I. The van der Waals surface area contributed by atoms with Crippen molar-refractivity contribution >= 4 is 29.9 Å². The van der Waals surface area contributed by atoms with E-state index in [0.29, 0.717) is 12.5 Å². The van der Waals surface area contributed by atoms with E-state index in [1.807, 2.05) is 6.92 Å². The Balaban J connectivity index is 0.00000484. The minimum absolute atomic E-state index is 0. The zero-order valence-electron chi connectivity index (χ0n) is 13.6. The molecule has 8 heteroatoms. The second kappa shape index (κ2) is 12.1. The van der Waals surface area contributed by atoms with Crippen LogP contribution in [0.15, 0.2) is 23.2 Å². The Morgan fingerprint density at radius 3 is 2.52 bits per heavy atom. The van der Waals surface area contributed by atoms with Crippen LogP contribution >= 0.6 is 24.0 Å². The van der Waals surface area contributed by atoms with Gasteiger partial charge in [-0.2, -0.15) is 8.78 Å². The third-order valence-corrected chi connectivity index (χ3v) is 2.75. The van der Waals surface area contributed by atoms with Crippen LogP contribution in [0.2, 0.25) is 0 Å². The van der Waals surface area contributed by atoms with Crippen molar-refractivity contribution in [3.8, 4) is 11.5 Å². The van der Waals surface area contributed by atoms with Crippen LogP contribution in [0.25, 0.3) is 0 Å². The second-order valence-corrected chi connectivity index (χ2v) is 4.49. The lowest BCUT2D eigenvalue weighted by molar-refractivity contribution is -0.0512. The van der Waals surface area contributed by atoms with E-state index < -0.39 is 6.61 Å². The minimum Gasteiger partial charge on any atom is -0.493 e. The number of hydrogen-bond donors (Lipinski definition) is 2. The first-order chi connectivity index (χ1) is 10.6. The van der Waals surface area contributed by atoms with Gasteiger partial charge in [0.25, 0.3) is 0 Å². The number of rotatable bonds is 8. The molecule has 0 heterocycles. The quantitative estimate of drug-likeness (QED) is 0.368. The van der Waals surface area contributed by atoms with Gasteiger partial charge in [-0.25, -0.2) is 4.99 Å². The van der Waals surface area contributed by atoms with E-state index in [2.05, 4.69) is 27.3 Å². The van der Waals surface area contributed by atoms with Crippen molar-refractivity contribution in [2.45, 2.75) is 33.4 Å². The molecule has 0 fully saturated rings. The van der Waals surface area contributed by atoms with Gasteiger partial charge in [0.15, 0.2) is 17.5 Å². The fourth-order valence-corrected chi connectivity index (χ4v) is 1.76. The summed E-state index contributed by atoms with van der Waals surface area (Å²) in [6, 6.07) is 4.87. The maximum Gasteiger partial charge on any atom is 0.387 e. The summed E-state index contributed by atoms with van der Waals surface area (Å²) >= 11 is 0. The Morgan fingerprint density at radius 1 is 1.22 bits per heavy atom. The number of aliphatic imine (C=N–C) groups is 1. The van der Waals surface area contributed by atoms with E-state index in [9.17, 15) is 8.78 Å². The highest BCUT2D eigenvalue weighted by Crippen LogP contribution is 2.29. The molecule has 0 spiro atoms. The lowest BCUT2D eigenvalue weighted by Gasteiger charge is -2.12. The number of guanidine groups is 1. The molecule has 0 atom stereocenters. The van der Waals surface area contributed by atoms with E-state index in [1.165, 1.54) is 13.2 Å². The third-order valence-electron chi connectivity index (χ3n) is 2.75. The van der Waals surface area contributed by atoms with Crippen molar-refractivity contribution < 1.29 is 18.3 Å². The summed E-state index contributed by atoms with van der Waals surface area (Å²) in [5.41, 5.74) is 0.755. The fourth-order valence-electron chi connectivity index (χ4n) is 1.76. The molecule has 132 valence electrons. The topological polar surface area (TPSA) is 54.9 Å². The van der Waals surface area contributed by atoms with Crippen LogP contribution in [0.3, 0.4) is 0 Å². The largest absolute Gasteiger partial charge is 0.493 e. The van der Waals surface area contributed by atoms with E-state index in [-0.39, 0.29) is 35.5 Å². The van der Waals surface area contributed by atoms with Crippen LogP contribution in [0, 0.1) is 0 Å². The van der Waals surface area contributed by atoms with Crippen LogP contribution < -0.4 is 20.1 Å². The summed E-state index contributed by atoms with van der Waals surface area (Å²) in [4.78, 5) is 4.41. The predicted molar refractivity (Wildman–Crippen MR) is 98.2 cm³/mol. The van der Waals surface area contributed by atoms with Crippen molar-refractivity contribution in [2.75, 3.05) is 20.2 Å². The van der Waals surface area contributed by atoms with Crippen LogP contribution in [0.4, 0.5) is 8.78 Å². The van der Waals surface area contributed by atoms with Gasteiger partial charge in [-0.05, 0) is 31.0 Å². The molecule has 1 rings (SSSR count). The zero-order chi connectivity index (χ0) is 16.4. The summed E-state index contributed by atoms with van der Waals surface area (Å²) in [6.45, 7) is 3.06. The number of alkyl halides is 2. The number of nitrogens with zero attached hydrogens (tertiary/aromatic N) is 1. The number of nitrogens with one attached hydrogen (secondary N) is 2. The number of ether oxygens (including phenoxy) is 2. The second-order valence-electron chi connectivity index (χ2n) is 4.49. The molecule has 0 bridgehead atoms. The molecular weight excluding hydrogens is 419 g/mol. The summed E-state index contributed by atoms with van der Waals surface area (Å²) in [5, 5.41) is 6.29. The van der Waals surface area contributed by atoms with Gasteiger partial charge in [0, 0.05) is 13.1 Å². The summed E-state index contributed by atoms with van der Waals surface area (Å²) in [5.74, 6) is 0.970. The molecule has 0 radical (unpaired) electrons. The van der Waals surface area contributed by atoms with Crippen LogP contribution in [0.5, 0.6) is 11.5 Å². The maximum absolute atomic E-state index is 12.4. The van der Waals surface area contributed by atoms with E-state index in [1.54, 1.807) is 12.1 Å². The van der Waals surface area contributed by atoms with Crippen molar-refractivity contribution in [1.29, 1.82) is 0 Å².